The Balaban J connectivity index is 1.85. The van der Waals surface area contributed by atoms with Gasteiger partial charge in [0.1, 0.15) is 0 Å². The first-order valence-corrected chi connectivity index (χ1v) is 7.04. The van der Waals surface area contributed by atoms with Crippen molar-refractivity contribution in [2.45, 2.75) is 38.8 Å². The van der Waals surface area contributed by atoms with E-state index in [0.29, 0.717) is 12.1 Å². The van der Waals surface area contributed by atoms with Gasteiger partial charge in [0.2, 0.25) is 5.91 Å². The molecule has 5 heteroatoms. The number of hydrogen-bond donors (Lipinski definition) is 1. The Bertz CT molecular complexity index is 473. The molecular formula is C15H20F2N2O. The first-order chi connectivity index (χ1) is 9.58. The van der Waals surface area contributed by atoms with Gasteiger partial charge in [-0.15, -0.1) is 0 Å². The van der Waals surface area contributed by atoms with Gasteiger partial charge in [0.25, 0.3) is 0 Å². The van der Waals surface area contributed by atoms with Crippen LogP contribution in [0, 0.1) is 11.6 Å². The SMILES string of the molecule is CC(NCc1ccc(F)c(F)c1)C(=O)N1CCCCC1. The van der Waals surface area contributed by atoms with Gasteiger partial charge in [-0.2, -0.15) is 0 Å². The van der Waals surface area contributed by atoms with Gasteiger partial charge in [-0.25, -0.2) is 8.78 Å². The van der Waals surface area contributed by atoms with E-state index in [-0.39, 0.29) is 11.9 Å². The molecule has 0 saturated carbocycles. The smallest absolute Gasteiger partial charge is 0.239 e. The van der Waals surface area contributed by atoms with Crippen LogP contribution >= 0.6 is 0 Å². The molecule has 1 aromatic carbocycles. The molecule has 0 spiro atoms. The second-order valence-electron chi connectivity index (χ2n) is 5.24. The molecule has 110 valence electrons. The number of likely N-dealkylation sites (tertiary alicyclic amines) is 1. The molecule has 20 heavy (non-hydrogen) atoms. The van der Waals surface area contributed by atoms with Crippen molar-refractivity contribution in [1.82, 2.24) is 10.2 Å². The minimum Gasteiger partial charge on any atom is -0.341 e. The Morgan fingerprint density at radius 2 is 1.95 bits per heavy atom. The molecule has 1 N–H and O–H groups in total. The fourth-order valence-corrected chi connectivity index (χ4v) is 2.40. The van der Waals surface area contributed by atoms with Gasteiger partial charge in [0, 0.05) is 19.6 Å². The fourth-order valence-electron chi connectivity index (χ4n) is 2.40. The molecule has 2 rings (SSSR count). The summed E-state index contributed by atoms with van der Waals surface area (Å²) in [7, 11) is 0. The Morgan fingerprint density at radius 3 is 2.60 bits per heavy atom. The summed E-state index contributed by atoms with van der Waals surface area (Å²) in [6.07, 6.45) is 3.30. The zero-order chi connectivity index (χ0) is 14.5. The molecule has 1 amide bonds. The molecule has 1 fully saturated rings. The van der Waals surface area contributed by atoms with Gasteiger partial charge < -0.3 is 10.2 Å². The molecule has 1 atom stereocenters. The van der Waals surface area contributed by atoms with Gasteiger partial charge in [-0.05, 0) is 43.9 Å². The molecule has 3 nitrogen and oxygen atoms in total. The Kier molecular flexibility index (Phi) is 5.06. The maximum Gasteiger partial charge on any atom is 0.239 e. The predicted octanol–water partition coefficient (Wildman–Crippen LogP) is 2.46. The minimum atomic E-state index is -0.862. The number of piperidine rings is 1. The number of nitrogens with zero attached hydrogens (tertiary/aromatic N) is 1. The van der Waals surface area contributed by atoms with Crippen LogP contribution in [0.5, 0.6) is 0 Å². The molecule has 1 aliphatic heterocycles. The van der Waals surface area contributed by atoms with Gasteiger partial charge in [-0.1, -0.05) is 6.07 Å². The molecular weight excluding hydrogens is 262 g/mol. The first kappa shape index (κ1) is 14.9. The molecule has 1 saturated heterocycles. The lowest BCUT2D eigenvalue weighted by molar-refractivity contribution is -0.133. The van der Waals surface area contributed by atoms with Crippen molar-refractivity contribution in [3.63, 3.8) is 0 Å². The van der Waals surface area contributed by atoms with E-state index in [1.807, 2.05) is 4.90 Å². The third-order valence-corrected chi connectivity index (χ3v) is 3.63. The maximum absolute atomic E-state index is 13.1. The highest BCUT2D eigenvalue weighted by Crippen LogP contribution is 2.11. The fraction of sp³-hybridized carbons (Fsp3) is 0.533. The molecule has 0 aliphatic carbocycles. The second kappa shape index (κ2) is 6.79. The van der Waals surface area contributed by atoms with Crippen LogP contribution in [0.4, 0.5) is 8.78 Å². The van der Waals surface area contributed by atoms with E-state index in [1.54, 1.807) is 6.92 Å². The van der Waals surface area contributed by atoms with Gasteiger partial charge in [0.05, 0.1) is 6.04 Å². The number of carbonyl (C=O) groups is 1. The van der Waals surface area contributed by atoms with Crippen LogP contribution in [0.15, 0.2) is 18.2 Å². The zero-order valence-corrected chi connectivity index (χ0v) is 11.7. The van der Waals surface area contributed by atoms with E-state index in [0.717, 1.165) is 38.1 Å². The number of rotatable bonds is 4. The monoisotopic (exact) mass is 282 g/mol. The molecule has 0 aromatic heterocycles. The maximum atomic E-state index is 13.1. The number of hydrogen-bond acceptors (Lipinski definition) is 2. The van der Waals surface area contributed by atoms with Crippen LogP contribution in [0.3, 0.4) is 0 Å². The third kappa shape index (κ3) is 3.76. The quantitative estimate of drug-likeness (QED) is 0.920. The van der Waals surface area contributed by atoms with Crippen molar-refractivity contribution in [1.29, 1.82) is 0 Å². The topological polar surface area (TPSA) is 32.3 Å². The molecule has 0 radical (unpaired) electrons. The average Bonchev–Trinajstić information content (AvgIpc) is 2.48. The van der Waals surface area contributed by atoms with Crippen LogP contribution in [-0.2, 0) is 11.3 Å². The van der Waals surface area contributed by atoms with Crippen LogP contribution < -0.4 is 5.32 Å². The van der Waals surface area contributed by atoms with Crippen LogP contribution in [0.2, 0.25) is 0 Å². The normalized spacial score (nSPS) is 17.1. The van der Waals surface area contributed by atoms with E-state index < -0.39 is 11.6 Å². The van der Waals surface area contributed by atoms with Crippen LogP contribution in [0.25, 0.3) is 0 Å². The second-order valence-corrected chi connectivity index (χ2v) is 5.24. The summed E-state index contributed by atoms with van der Waals surface area (Å²) >= 11 is 0. The minimum absolute atomic E-state index is 0.0762. The average molecular weight is 282 g/mol. The number of halogens is 2. The Morgan fingerprint density at radius 1 is 1.25 bits per heavy atom. The summed E-state index contributed by atoms with van der Waals surface area (Å²) in [5, 5.41) is 3.06. The third-order valence-electron chi connectivity index (χ3n) is 3.63. The van der Waals surface area contributed by atoms with Gasteiger partial charge >= 0.3 is 0 Å². The van der Waals surface area contributed by atoms with Crippen molar-refractivity contribution < 1.29 is 13.6 Å². The number of amides is 1. The highest BCUT2D eigenvalue weighted by atomic mass is 19.2. The molecule has 0 bridgehead atoms. The number of nitrogens with one attached hydrogen (secondary N) is 1. The lowest BCUT2D eigenvalue weighted by Crippen LogP contribution is -2.46. The van der Waals surface area contributed by atoms with E-state index >= 15 is 0 Å². The van der Waals surface area contributed by atoms with Crippen molar-refractivity contribution in [3.8, 4) is 0 Å². The summed E-state index contributed by atoms with van der Waals surface area (Å²) in [6, 6.07) is 3.45. The first-order valence-electron chi connectivity index (χ1n) is 7.04. The van der Waals surface area contributed by atoms with Crippen LogP contribution in [0.1, 0.15) is 31.7 Å². The Labute approximate surface area is 118 Å². The van der Waals surface area contributed by atoms with Crippen molar-refractivity contribution in [2.75, 3.05) is 13.1 Å². The van der Waals surface area contributed by atoms with Crippen LogP contribution in [-0.4, -0.2) is 29.9 Å². The summed E-state index contributed by atoms with van der Waals surface area (Å²) < 4.78 is 25.9. The number of carbonyl (C=O) groups excluding carboxylic acids is 1. The number of benzene rings is 1. The summed E-state index contributed by atoms with van der Waals surface area (Å²) in [4.78, 5) is 14.0. The highest BCUT2D eigenvalue weighted by molar-refractivity contribution is 5.81. The van der Waals surface area contributed by atoms with Crippen molar-refractivity contribution >= 4 is 5.91 Å². The summed E-state index contributed by atoms with van der Waals surface area (Å²) in [6.45, 7) is 3.78. The molecule has 1 unspecified atom stereocenters. The predicted molar refractivity (Wildman–Crippen MR) is 73.1 cm³/mol. The highest BCUT2D eigenvalue weighted by Gasteiger charge is 2.21. The van der Waals surface area contributed by atoms with Gasteiger partial charge in [0.15, 0.2) is 11.6 Å². The Hall–Kier alpha value is -1.49. The lowest BCUT2D eigenvalue weighted by Gasteiger charge is -2.29. The molecule has 1 aliphatic rings. The van der Waals surface area contributed by atoms with Gasteiger partial charge in [-0.3, -0.25) is 4.79 Å². The van der Waals surface area contributed by atoms with E-state index in [9.17, 15) is 13.6 Å². The van der Waals surface area contributed by atoms with Crippen molar-refractivity contribution in [3.05, 3.63) is 35.4 Å². The molecule has 1 heterocycles. The van der Waals surface area contributed by atoms with E-state index in [4.69, 9.17) is 0 Å². The largest absolute Gasteiger partial charge is 0.341 e. The standard InChI is InChI=1S/C15H20F2N2O/c1-11(15(20)19-7-3-2-4-8-19)18-10-12-5-6-13(16)14(17)9-12/h5-6,9,11,18H,2-4,7-8,10H2,1H3. The van der Waals surface area contributed by atoms with E-state index in [2.05, 4.69) is 5.32 Å². The lowest BCUT2D eigenvalue weighted by atomic mass is 10.1. The van der Waals surface area contributed by atoms with E-state index in [1.165, 1.54) is 12.5 Å². The van der Waals surface area contributed by atoms with Crippen molar-refractivity contribution in [2.24, 2.45) is 0 Å². The molecule has 1 aromatic rings. The summed E-state index contributed by atoms with van der Waals surface area (Å²) in [5.41, 5.74) is 0.627. The zero-order valence-electron chi connectivity index (χ0n) is 11.7. The summed E-state index contributed by atoms with van der Waals surface area (Å²) in [5.74, 6) is -1.64.